The van der Waals surface area contributed by atoms with Gasteiger partial charge in [0.25, 0.3) is 0 Å². The molecule has 2 nitrogen and oxygen atoms in total. The van der Waals surface area contributed by atoms with E-state index in [4.69, 9.17) is 0 Å². The third kappa shape index (κ3) is 3.87. The van der Waals surface area contributed by atoms with Crippen LogP contribution in [0.4, 0.5) is 0 Å². The molecule has 1 N–H and O–H groups in total. The lowest BCUT2D eigenvalue weighted by molar-refractivity contribution is 0.164. The van der Waals surface area contributed by atoms with Crippen molar-refractivity contribution in [3.8, 4) is 0 Å². The Morgan fingerprint density at radius 3 is 2.76 bits per heavy atom. The van der Waals surface area contributed by atoms with Crippen LogP contribution in [0.3, 0.4) is 0 Å². The SMILES string of the molecule is CCNC1CCCCC1CN(C)C1CCSC1. The van der Waals surface area contributed by atoms with Crippen LogP contribution in [0.25, 0.3) is 0 Å². The average molecular weight is 256 g/mol. The van der Waals surface area contributed by atoms with Gasteiger partial charge in [-0.15, -0.1) is 0 Å². The molecule has 2 fully saturated rings. The van der Waals surface area contributed by atoms with E-state index < -0.39 is 0 Å². The van der Waals surface area contributed by atoms with E-state index >= 15 is 0 Å². The van der Waals surface area contributed by atoms with E-state index in [1.165, 1.54) is 50.2 Å². The number of hydrogen-bond donors (Lipinski definition) is 1. The van der Waals surface area contributed by atoms with Gasteiger partial charge in [0.15, 0.2) is 0 Å². The lowest BCUT2D eigenvalue weighted by atomic mass is 9.84. The molecule has 0 radical (unpaired) electrons. The van der Waals surface area contributed by atoms with Crippen LogP contribution < -0.4 is 5.32 Å². The Labute approximate surface area is 111 Å². The van der Waals surface area contributed by atoms with Crippen molar-refractivity contribution in [2.45, 2.75) is 51.1 Å². The zero-order chi connectivity index (χ0) is 12.1. The summed E-state index contributed by atoms with van der Waals surface area (Å²) in [6, 6.07) is 1.63. The van der Waals surface area contributed by atoms with E-state index in [1.807, 2.05) is 0 Å². The number of thioether (sulfide) groups is 1. The Balaban J connectivity index is 1.81. The highest BCUT2D eigenvalue weighted by atomic mass is 32.2. The van der Waals surface area contributed by atoms with Gasteiger partial charge in [-0.05, 0) is 44.5 Å². The highest BCUT2D eigenvalue weighted by Crippen LogP contribution is 2.28. The third-order valence-electron chi connectivity index (χ3n) is 4.43. The van der Waals surface area contributed by atoms with E-state index in [0.29, 0.717) is 0 Å². The molecule has 3 atom stereocenters. The molecule has 0 spiro atoms. The molecule has 1 heterocycles. The second kappa shape index (κ2) is 7.01. The Morgan fingerprint density at radius 1 is 1.24 bits per heavy atom. The summed E-state index contributed by atoms with van der Waals surface area (Å²) in [6.45, 7) is 4.68. The van der Waals surface area contributed by atoms with Crippen molar-refractivity contribution in [1.29, 1.82) is 0 Å². The minimum atomic E-state index is 0.783. The number of rotatable bonds is 5. The predicted octanol–water partition coefficient (Wildman–Crippen LogP) is 2.59. The van der Waals surface area contributed by atoms with Crippen LogP contribution in [0.5, 0.6) is 0 Å². The van der Waals surface area contributed by atoms with Gasteiger partial charge in [0, 0.05) is 24.4 Å². The van der Waals surface area contributed by atoms with Gasteiger partial charge in [0.1, 0.15) is 0 Å². The number of nitrogens with one attached hydrogen (secondary N) is 1. The number of hydrogen-bond acceptors (Lipinski definition) is 3. The van der Waals surface area contributed by atoms with Crippen LogP contribution in [0, 0.1) is 5.92 Å². The second-order valence-electron chi connectivity index (χ2n) is 5.67. The summed E-state index contributed by atoms with van der Waals surface area (Å²) in [4.78, 5) is 2.64. The lowest BCUT2D eigenvalue weighted by Crippen LogP contribution is -2.45. The predicted molar refractivity (Wildman–Crippen MR) is 77.8 cm³/mol. The van der Waals surface area contributed by atoms with E-state index in [2.05, 4.69) is 35.9 Å². The molecular formula is C14H28N2S. The Kier molecular flexibility index (Phi) is 5.64. The summed E-state index contributed by atoms with van der Waals surface area (Å²) < 4.78 is 0. The standard InChI is InChI=1S/C14H28N2S/c1-3-15-14-7-5-4-6-12(14)10-16(2)13-8-9-17-11-13/h12-15H,3-11H2,1-2H3. The molecule has 1 saturated heterocycles. The Morgan fingerprint density at radius 2 is 2.06 bits per heavy atom. The van der Waals surface area contributed by atoms with Crippen LogP contribution in [0.2, 0.25) is 0 Å². The van der Waals surface area contributed by atoms with Crippen LogP contribution in [-0.4, -0.2) is 48.6 Å². The van der Waals surface area contributed by atoms with Crippen molar-refractivity contribution < 1.29 is 0 Å². The third-order valence-corrected chi connectivity index (χ3v) is 5.57. The molecule has 100 valence electrons. The zero-order valence-corrected chi connectivity index (χ0v) is 12.3. The summed E-state index contributed by atoms with van der Waals surface area (Å²) >= 11 is 2.13. The fraction of sp³-hybridized carbons (Fsp3) is 1.00. The highest BCUT2D eigenvalue weighted by molar-refractivity contribution is 7.99. The molecule has 0 aromatic rings. The van der Waals surface area contributed by atoms with E-state index in [-0.39, 0.29) is 0 Å². The van der Waals surface area contributed by atoms with Crippen molar-refractivity contribution in [2.24, 2.45) is 5.92 Å². The van der Waals surface area contributed by atoms with Gasteiger partial charge < -0.3 is 10.2 Å². The first kappa shape index (κ1) is 13.7. The molecule has 17 heavy (non-hydrogen) atoms. The summed E-state index contributed by atoms with van der Waals surface area (Å²) in [7, 11) is 2.34. The van der Waals surface area contributed by atoms with Crippen LogP contribution in [-0.2, 0) is 0 Å². The summed E-state index contributed by atoms with van der Waals surface area (Å²) in [5, 5.41) is 3.70. The fourth-order valence-electron chi connectivity index (χ4n) is 3.35. The van der Waals surface area contributed by atoms with Crippen molar-refractivity contribution in [1.82, 2.24) is 10.2 Å². The first-order valence-corrected chi connectivity index (χ1v) is 8.48. The lowest BCUT2D eigenvalue weighted by Gasteiger charge is -2.36. The molecule has 0 amide bonds. The molecule has 1 aliphatic carbocycles. The summed E-state index contributed by atoms with van der Waals surface area (Å²) in [5.74, 6) is 3.62. The van der Waals surface area contributed by atoms with E-state index in [0.717, 1.165) is 24.5 Å². The maximum absolute atomic E-state index is 3.70. The first-order chi connectivity index (χ1) is 8.31. The Bertz CT molecular complexity index is 214. The van der Waals surface area contributed by atoms with E-state index in [9.17, 15) is 0 Å². The van der Waals surface area contributed by atoms with Crippen LogP contribution in [0.15, 0.2) is 0 Å². The summed E-state index contributed by atoms with van der Waals surface area (Å²) in [5.41, 5.74) is 0. The molecule has 3 unspecified atom stereocenters. The Hall–Kier alpha value is 0.270. The molecule has 0 bridgehead atoms. The average Bonchev–Trinajstić information content (AvgIpc) is 2.85. The van der Waals surface area contributed by atoms with Crippen molar-refractivity contribution in [3.63, 3.8) is 0 Å². The smallest absolute Gasteiger partial charge is 0.0191 e. The van der Waals surface area contributed by atoms with Gasteiger partial charge in [-0.1, -0.05) is 19.8 Å². The van der Waals surface area contributed by atoms with Gasteiger partial charge in [-0.3, -0.25) is 0 Å². The molecule has 0 aromatic heterocycles. The molecule has 2 aliphatic rings. The van der Waals surface area contributed by atoms with Crippen molar-refractivity contribution in [2.75, 3.05) is 31.6 Å². The van der Waals surface area contributed by atoms with Crippen LogP contribution in [0.1, 0.15) is 39.0 Å². The van der Waals surface area contributed by atoms with Gasteiger partial charge in [-0.2, -0.15) is 11.8 Å². The number of nitrogens with zero attached hydrogens (tertiary/aromatic N) is 1. The van der Waals surface area contributed by atoms with E-state index in [1.54, 1.807) is 0 Å². The maximum atomic E-state index is 3.70. The zero-order valence-electron chi connectivity index (χ0n) is 11.5. The van der Waals surface area contributed by atoms with Crippen molar-refractivity contribution in [3.05, 3.63) is 0 Å². The van der Waals surface area contributed by atoms with Crippen molar-refractivity contribution >= 4 is 11.8 Å². The fourth-order valence-corrected chi connectivity index (χ4v) is 4.64. The largest absolute Gasteiger partial charge is 0.314 e. The summed E-state index contributed by atoms with van der Waals surface area (Å²) in [6.07, 6.45) is 7.10. The van der Waals surface area contributed by atoms with Gasteiger partial charge in [-0.25, -0.2) is 0 Å². The maximum Gasteiger partial charge on any atom is 0.0191 e. The monoisotopic (exact) mass is 256 g/mol. The molecule has 0 aromatic carbocycles. The molecule has 1 aliphatic heterocycles. The topological polar surface area (TPSA) is 15.3 Å². The quantitative estimate of drug-likeness (QED) is 0.814. The molecular weight excluding hydrogens is 228 g/mol. The minimum absolute atomic E-state index is 0.783. The van der Waals surface area contributed by atoms with Gasteiger partial charge in [0.05, 0.1) is 0 Å². The minimum Gasteiger partial charge on any atom is -0.314 e. The van der Waals surface area contributed by atoms with Crippen LogP contribution >= 0.6 is 11.8 Å². The van der Waals surface area contributed by atoms with Gasteiger partial charge in [0.2, 0.25) is 0 Å². The highest BCUT2D eigenvalue weighted by Gasteiger charge is 2.28. The molecule has 3 heteroatoms. The molecule has 2 rings (SSSR count). The van der Waals surface area contributed by atoms with Gasteiger partial charge >= 0.3 is 0 Å². The second-order valence-corrected chi connectivity index (χ2v) is 6.82. The first-order valence-electron chi connectivity index (χ1n) is 7.32. The normalized spacial score (nSPS) is 34.4. The molecule has 1 saturated carbocycles.